The van der Waals surface area contributed by atoms with Gasteiger partial charge in [0.05, 0.1) is 21.9 Å². The van der Waals surface area contributed by atoms with Crippen molar-refractivity contribution in [2.75, 3.05) is 33.4 Å². The van der Waals surface area contributed by atoms with Gasteiger partial charge in [0, 0.05) is 18.5 Å². The Balaban J connectivity index is 3.05. The summed E-state index contributed by atoms with van der Waals surface area (Å²) in [5, 5.41) is 0. The fourth-order valence-electron chi connectivity index (χ4n) is 1.65. The van der Waals surface area contributed by atoms with E-state index in [2.05, 4.69) is 15.9 Å². The van der Waals surface area contributed by atoms with Crippen LogP contribution in [-0.4, -0.2) is 52.1 Å². The molecule has 0 amide bonds. The first-order chi connectivity index (χ1) is 9.82. The second kappa shape index (κ2) is 8.23. The van der Waals surface area contributed by atoms with Crippen molar-refractivity contribution in [1.29, 1.82) is 0 Å². The third-order valence-electron chi connectivity index (χ3n) is 2.62. The minimum Gasteiger partial charge on any atom is -0.465 e. The first kappa shape index (κ1) is 18.6. The van der Waals surface area contributed by atoms with Crippen LogP contribution in [0.2, 0.25) is 0 Å². The first-order valence-corrected chi connectivity index (χ1v) is 9.28. The first-order valence-electron chi connectivity index (χ1n) is 6.23. The number of thiophene rings is 1. The van der Waals surface area contributed by atoms with E-state index in [1.165, 1.54) is 18.4 Å². The van der Waals surface area contributed by atoms with Crippen LogP contribution in [0.5, 0.6) is 0 Å². The van der Waals surface area contributed by atoms with E-state index in [-0.39, 0.29) is 31.2 Å². The van der Waals surface area contributed by atoms with Gasteiger partial charge in [-0.3, -0.25) is 4.79 Å². The average Bonchev–Trinajstić information content (AvgIpc) is 2.74. The number of methoxy groups -OCH3 is 1. The molecule has 21 heavy (non-hydrogen) atoms. The van der Waals surface area contributed by atoms with Gasteiger partial charge in [-0.25, -0.2) is 8.42 Å². The summed E-state index contributed by atoms with van der Waals surface area (Å²) in [6.45, 7) is 3.56. The third-order valence-corrected chi connectivity index (χ3v) is 6.27. The molecule has 0 atom stereocenters. The molecular weight excluding hydrogens is 382 g/mol. The summed E-state index contributed by atoms with van der Waals surface area (Å²) in [6.07, 6.45) is 0. The van der Waals surface area contributed by atoms with E-state index in [9.17, 15) is 13.2 Å². The van der Waals surface area contributed by atoms with Gasteiger partial charge in [-0.15, -0.1) is 11.3 Å². The lowest BCUT2D eigenvalue weighted by Gasteiger charge is -2.20. The van der Waals surface area contributed by atoms with Crippen molar-refractivity contribution >= 4 is 43.3 Å². The number of nitrogens with zero attached hydrogens (tertiary/aromatic N) is 1. The fourth-order valence-corrected chi connectivity index (χ4v) is 5.41. The molecular formula is C12H18BrNO5S2. The monoisotopic (exact) mass is 399 g/mol. The van der Waals surface area contributed by atoms with E-state index >= 15 is 0 Å². The van der Waals surface area contributed by atoms with Crippen LogP contribution >= 0.6 is 27.3 Å². The van der Waals surface area contributed by atoms with E-state index in [1.54, 1.807) is 19.9 Å². The summed E-state index contributed by atoms with van der Waals surface area (Å²) in [7, 11) is -2.29. The zero-order chi connectivity index (χ0) is 16.0. The van der Waals surface area contributed by atoms with Gasteiger partial charge in [-0.1, -0.05) is 0 Å². The number of sulfonamides is 1. The van der Waals surface area contributed by atoms with E-state index < -0.39 is 16.0 Å². The lowest BCUT2D eigenvalue weighted by molar-refractivity contribution is -0.143. The van der Waals surface area contributed by atoms with Gasteiger partial charge in [-0.05, 0) is 35.8 Å². The van der Waals surface area contributed by atoms with E-state index in [1.807, 2.05) is 0 Å². The van der Waals surface area contributed by atoms with E-state index in [0.29, 0.717) is 4.88 Å². The quantitative estimate of drug-likeness (QED) is 0.625. The van der Waals surface area contributed by atoms with Crippen LogP contribution in [0.25, 0.3) is 0 Å². The van der Waals surface area contributed by atoms with Gasteiger partial charge in [0.15, 0.2) is 0 Å². The van der Waals surface area contributed by atoms with E-state index in [0.717, 1.165) is 8.09 Å². The molecule has 0 bridgehead atoms. The number of ether oxygens (including phenoxy) is 2. The van der Waals surface area contributed by atoms with Crippen LogP contribution in [0, 0.1) is 6.92 Å². The molecule has 0 aliphatic carbocycles. The number of aryl methyl sites for hydroxylation is 1. The Bertz CT molecular complexity index is 584. The fraction of sp³-hybridized carbons (Fsp3) is 0.583. The van der Waals surface area contributed by atoms with Gasteiger partial charge in [0.2, 0.25) is 10.0 Å². The maximum atomic E-state index is 12.7. The van der Waals surface area contributed by atoms with Crippen molar-refractivity contribution in [2.24, 2.45) is 0 Å². The molecule has 0 unspecified atom stereocenters. The maximum absolute atomic E-state index is 12.7. The Kier molecular flexibility index (Phi) is 7.28. The Morgan fingerprint density at radius 3 is 2.62 bits per heavy atom. The van der Waals surface area contributed by atoms with Gasteiger partial charge < -0.3 is 9.47 Å². The molecule has 0 saturated heterocycles. The summed E-state index contributed by atoms with van der Waals surface area (Å²) in [6, 6.07) is 1.54. The highest BCUT2D eigenvalue weighted by molar-refractivity contribution is 9.11. The SMILES string of the molecule is CCOC(=O)CN(CCOC)S(=O)(=O)c1cc(Br)sc1C. The van der Waals surface area contributed by atoms with Crippen LogP contribution < -0.4 is 0 Å². The number of hydrogen-bond donors (Lipinski definition) is 0. The van der Waals surface area contributed by atoms with Crippen molar-refractivity contribution in [3.63, 3.8) is 0 Å². The van der Waals surface area contributed by atoms with Gasteiger partial charge in [0.1, 0.15) is 6.54 Å². The Morgan fingerprint density at radius 2 is 2.14 bits per heavy atom. The van der Waals surface area contributed by atoms with Crippen LogP contribution in [0.4, 0.5) is 0 Å². The summed E-state index contributed by atoms with van der Waals surface area (Å²) in [5.41, 5.74) is 0. The summed E-state index contributed by atoms with van der Waals surface area (Å²) < 4.78 is 36.9. The minimum atomic E-state index is -3.76. The molecule has 1 aromatic rings. The van der Waals surface area contributed by atoms with Crippen molar-refractivity contribution in [3.05, 3.63) is 14.7 Å². The van der Waals surface area contributed by atoms with Crippen LogP contribution in [0.3, 0.4) is 0 Å². The van der Waals surface area contributed by atoms with Crippen molar-refractivity contribution < 1.29 is 22.7 Å². The Labute approximate surface area is 137 Å². The maximum Gasteiger partial charge on any atom is 0.321 e. The molecule has 9 heteroatoms. The second-order valence-electron chi connectivity index (χ2n) is 4.11. The highest BCUT2D eigenvalue weighted by Gasteiger charge is 2.29. The van der Waals surface area contributed by atoms with Crippen molar-refractivity contribution in [1.82, 2.24) is 4.31 Å². The number of carbonyl (C=O) groups is 1. The lowest BCUT2D eigenvalue weighted by atomic mass is 10.5. The molecule has 0 aliphatic heterocycles. The van der Waals surface area contributed by atoms with Crippen LogP contribution in [0.1, 0.15) is 11.8 Å². The predicted octanol–water partition coefficient (Wildman–Crippen LogP) is 2.02. The molecule has 6 nitrogen and oxygen atoms in total. The summed E-state index contributed by atoms with van der Waals surface area (Å²) in [4.78, 5) is 12.5. The van der Waals surface area contributed by atoms with Gasteiger partial charge in [0.25, 0.3) is 0 Å². The number of hydrogen-bond acceptors (Lipinski definition) is 6. The minimum absolute atomic E-state index is 0.0879. The molecule has 120 valence electrons. The molecule has 0 fully saturated rings. The molecule has 0 saturated carbocycles. The second-order valence-corrected chi connectivity index (χ2v) is 8.65. The lowest BCUT2D eigenvalue weighted by Crippen LogP contribution is -2.38. The molecule has 1 heterocycles. The largest absolute Gasteiger partial charge is 0.465 e. The third kappa shape index (κ3) is 5.03. The molecule has 0 aromatic carbocycles. The topological polar surface area (TPSA) is 72.9 Å². The molecule has 0 spiro atoms. The molecule has 0 N–H and O–H groups in total. The summed E-state index contributed by atoms with van der Waals surface area (Å²) >= 11 is 4.60. The zero-order valence-corrected chi connectivity index (χ0v) is 15.3. The van der Waals surface area contributed by atoms with Gasteiger partial charge in [-0.2, -0.15) is 4.31 Å². The number of halogens is 1. The van der Waals surface area contributed by atoms with E-state index in [4.69, 9.17) is 9.47 Å². The van der Waals surface area contributed by atoms with Crippen LogP contribution in [0.15, 0.2) is 14.7 Å². The predicted molar refractivity (Wildman–Crippen MR) is 84.0 cm³/mol. The van der Waals surface area contributed by atoms with Crippen molar-refractivity contribution in [3.8, 4) is 0 Å². The normalized spacial score (nSPS) is 11.9. The molecule has 1 aromatic heterocycles. The molecule has 1 rings (SSSR count). The zero-order valence-electron chi connectivity index (χ0n) is 12.1. The Hall–Kier alpha value is -0.480. The number of carbonyl (C=O) groups excluding carboxylic acids is 1. The molecule has 0 aliphatic rings. The van der Waals surface area contributed by atoms with Crippen LogP contribution in [-0.2, 0) is 24.3 Å². The standard InChI is InChI=1S/C12H18BrNO5S2/c1-4-19-12(15)8-14(5-6-18-3)21(16,17)10-7-11(13)20-9(10)2/h7H,4-6,8H2,1-3H3. The van der Waals surface area contributed by atoms with Crippen molar-refractivity contribution in [2.45, 2.75) is 18.7 Å². The van der Waals surface area contributed by atoms with Gasteiger partial charge >= 0.3 is 5.97 Å². The highest BCUT2D eigenvalue weighted by atomic mass is 79.9. The Morgan fingerprint density at radius 1 is 1.48 bits per heavy atom. The highest BCUT2D eigenvalue weighted by Crippen LogP contribution is 2.31. The molecule has 0 radical (unpaired) electrons. The number of rotatable bonds is 8. The average molecular weight is 400 g/mol. The smallest absolute Gasteiger partial charge is 0.321 e. The number of esters is 1. The summed E-state index contributed by atoms with van der Waals surface area (Å²) in [5.74, 6) is -0.580.